The molecule has 0 aliphatic heterocycles. The van der Waals surface area contributed by atoms with Crippen molar-refractivity contribution in [2.75, 3.05) is 12.4 Å². The lowest BCUT2D eigenvalue weighted by molar-refractivity contribution is -0.139. The summed E-state index contributed by atoms with van der Waals surface area (Å²) in [5, 5.41) is 8.89. The van der Waals surface area contributed by atoms with E-state index in [1.807, 2.05) is 22.6 Å². The molecule has 0 bridgehead atoms. The molecule has 0 atom stereocenters. The van der Waals surface area contributed by atoms with E-state index in [1.54, 1.807) is 20.0 Å². The van der Waals surface area contributed by atoms with Crippen LogP contribution in [0.1, 0.15) is 12.7 Å². The molecule has 0 amide bonds. The van der Waals surface area contributed by atoms with Crippen LogP contribution in [0.4, 0.5) is 0 Å². The van der Waals surface area contributed by atoms with Crippen molar-refractivity contribution >= 4 is 34.4 Å². The molecular weight excluding hydrogens is 316 g/mol. The van der Waals surface area contributed by atoms with Gasteiger partial charge in [0.2, 0.25) is 5.78 Å². The number of nitrogens with zero attached hydrogens (tertiary/aromatic N) is 4. The fourth-order valence-corrected chi connectivity index (χ4v) is 3.14. The van der Waals surface area contributed by atoms with Crippen LogP contribution >= 0.6 is 11.8 Å². The fourth-order valence-electron chi connectivity index (χ4n) is 2.41. The van der Waals surface area contributed by atoms with Gasteiger partial charge in [0.25, 0.3) is 5.56 Å². The smallest absolute Gasteiger partial charge is 0.315 e. The number of hydrogen-bond donors (Lipinski definition) is 0. The van der Waals surface area contributed by atoms with Crippen LogP contribution in [0.3, 0.4) is 0 Å². The lowest BCUT2D eigenvalue weighted by Gasteiger charge is -2.07. The molecule has 1 aromatic carbocycles. The number of carbonyl (C=O) groups is 1. The zero-order valence-electron chi connectivity index (χ0n) is 12.9. The van der Waals surface area contributed by atoms with Crippen molar-refractivity contribution in [3.8, 4) is 0 Å². The fraction of sp³-hybridized carbons (Fsp3) is 0.333. The van der Waals surface area contributed by atoms with Gasteiger partial charge in [0.05, 0.1) is 29.0 Å². The third-order valence-electron chi connectivity index (χ3n) is 3.45. The van der Waals surface area contributed by atoms with Crippen LogP contribution in [-0.4, -0.2) is 37.5 Å². The second-order valence-electron chi connectivity index (χ2n) is 4.93. The highest BCUT2D eigenvalue weighted by Gasteiger charge is 2.14. The number of aromatic nitrogens is 4. The molecule has 3 rings (SSSR count). The van der Waals surface area contributed by atoms with Gasteiger partial charge in [-0.3, -0.25) is 18.6 Å². The zero-order chi connectivity index (χ0) is 16.4. The maximum atomic E-state index is 12.3. The summed E-state index contributed by atoms with van der Waals surface area (Å²) in [5.41, 5.74) is 0.661. The summed E-state index contributed by atoms with van der Waals surface area (Å²) in [5.74, 6) is 1.69. The first-order valence-electron chi connectivity index (χ1n) is 7.18. The molecule has 0 unspecified atom stereocenters. The van der Waals surface area contributed by atoms with Gasteiger partial charge in [0, 0.05) is 7.05 Å². The Morgan fingerprint density at radius 2 is 2.09 bits per heavy atom. The van der Waals surface area contributed by atoms with Crippen LogP contribution in [0.25, 0.3) is 16.7 Å². The third-order valence-corrected chi connectivity index (χ3v) is 4.35. The van der Waals surface area contributed by atoms with Crippen molar-refractivity contribution in [1.82, 2.24) is 19.2 Å². The lowest BCUT2D eigenvalue weighted by Crippen LogP contribution is -2.20. The number of hydrogen-bond acceptors (Lipinski definition) is 6. The summed E-state index contributed by atoms with van der Waals surface area (Å²) < 4.78 is 8.24. The Labute approximate surface area is 136 Å². The maximum absolute atomic E-state index is 12.3. The van der Waals surface area contributed by atoms with E-state index >= 15 is 0 Å². The summed E-state index contributed by atoms with van der Waals surface area (Å²) in [4.78, 5) is 23.8. The maximum Gasteiger partial charge on any atom is 0.315 e. The average Bonchev–Trinajstić information content (AvgIpc) is 2.97. The van der Waals surface area contributed by atoms with Crippen LogP contribution in [0.15, 0.2) is 29.1 Å². The van der Waals surface area contributed by atoms with Crippen LogP contribution in [-0.2, 0) is 22.3 Å². The van der Waals surface area contributed by atoms with E-state index in [2.05, 4.69) is 10.2 Å². The number of rotatable bonds is 5. The van der Waals surface area contributed by atoms with Crippen molar-refractivity contribution in [2.24, 2.45) is 7.05 Å². The van der Waals surface area contributed by atoms with Crippen molar-refractivity contribution in [3.63, 3.8) is 0 Å². The number of para-hydroxylation sites is 1. The van der Waals surface area contributed by atoms with Gasteiger partial charge >= 0.3 is 5.97 Å². The lowest BCUT2D eigenvalue weighted by atomic mass is 10.2. The minimum atomic E-state index is -0.247. The average molecular weight is 332 g/mol. The summed E-state index contributed by atoms with van der Waals surface area (Å²) in [6, 6.07) is 7.35. The number of aryl methyl sites for hydroxylation is 1. The molecule has 2 heterocycles. The Morgan fingerprint density at radius 1 is 1.30 bits per heavy atom. The minimum Gasteiger partial charge on any atom is -0.465 e. The molecule has 0 aliphatic rings. The van der Waals surface area contributed by atoms with E-state index in [4.69, 9.17) is 4.74 Å². The number of carbonyl (C=O) groups excluding carboxylic acids is 1. The van der Waals surface area contributed by atoms with Crippen LogP contribution in [0, 0.1) is 0 Å². The molecule has 0 N–H and O–H groups in total. The van der Waals surface area contributed by atoms with E-state index in [0.29, 0.717) is 29.3 Å². The largest absolute Gasteiger partial charge is 0.465 e. The molecular formula is C15H16N4O3S. The monoisotopic (exact) mass is 332 g/mol. The topological polar surface area (TPSA) is 78.5 Å². The Bertz CT molecular complexity index is 932. The van der Waals surface area contributed by atoms with E-state index in [9.17, 15) is 9.59 Å². The zero-order valence-corrected chi connectivity index (χ0v) is 13.7. The van der Waals surface area contributed by atoms with E-state index in [0.717, 1.165) is 5.52 Å². The van der Waals surface area contributed by atoms with Crippen molar-refractivity contribution in [1.29, 1.82) is 0 Å². The number of benzene rings is 1. The Morgan fingerprint density at radius 3 is 2.87 bits per heavy atom. The van der Waals surface area contributed by atoms with E-state index < -0.39 is 0 Å². The highest BCUT2D eigenvalue weighted by molar-refractivity contribution is 7.99. The molecule has 0 spiro atoms. The number of thioether (sulfide) groups is 1. The van der Waals surface area contributed by atoms with Crippen molar-refractivity contribution in [3.05, 3.63) is 40.4 Å². The summed E-state index contributed by atoms with van der Waals surface area (Å²) in [6.07, 6.45) is 0. The van der Waals surface area contributed by atoms with Gasteiger partial charge in [-0.25, -0.2) is 0 Å². The molecule has 7 nitrogen and oxygen atoms in total. The van der Waals surface area contributed by atoms with Gasteiger partial charge < -0.3 is 4.74 Å². The summed E-state index contributed by atoms with van der Waals surface area (Å²) in [6.45, 7) is 2.15. The predicted molar refractivity (Wildman–Crippen MR) is 88.5 cm³/mol. The third kappa shape index (κ3) is 2.81. The Hall–Kier alpha value is -2.35. The first-order valence-corrected chi connectivity index (χ1v) is 8.34. The van der Waals surface area contributed by atoms with Crippen LogP contribution in [0.2, 0.25) is 0 Å². The number of fused-ring (bicyclic) bond motifs is 3. The standard InChI is InChI=1S/C15H16N4O3S/c1-3-22-13(20)9-23-8-12-16-17-15-18(2)14(21)10-6-4-5-7-11(10)19(12)15/h4-7H,3,8-9H2,1-2H3. The van der Waals surface area contributed by atoms with Gasteiger partial charge in [0.1, 0.15) is 5.82 Å². The van der Waals surface area contributed by atoms with Gasteiger partial charge in [-0.2, -0.15) is 0 Å². The molecule has 0 saturated carbocycles. The predicted octanol–water partition coefficient (Wildman–Crippen LogP) is 1.38. The molecule has 23 heavy (non-hydrogen) atoms. The molecule has 2 aromatic heterocycles. The molecule has 120 valence electrons. The van der Waals surface area contributed by atoms with Gasteiger partial charge in [-0.1, -0.05) is 12.1 Å². The van der Waals surface area contributed by atoms with E-state index in [-0.39, 0.29) is 17.3 Å². The summed E-state index contributed by atoms with van der Waals surface area (Å²) >= 11 is 1.41. The first kappa shape index (κ1) is 15.5. The van der Waals surface area contributed by atoms with Gasteiger partial charge in [-0.05, 0) is 19.1 Å². The van der Waals surface area contributed by atoms with Gasteiger partial charge in [-0.15, -0.1) is 22.0 Å². The molecule has 0 fully saturated rings. The van der Waals surface area contributed by atoms with Gasteiger partial charge in [0.15, 0.2) is 0 Å². The van der Waals surface area contributed by atoms with Crippen molar-refractivity contribution < 1.29 is 9.53 Å². The normalized spacial score (nSPS) is 11.2. The quantitative estimate of drug-likeness (QED) is 0.657. The highest BCUT2D eigenvalue weighted by atomic mass is 32.2. The molecule has 3 aromatic rings. The molecule has 0 saturated heterocycles. The summed E-state index contributed by atoms with van der Waals surface area (Å²) in [7, 11) is 1.67. The number of ether oxygens (including phenoxy) is 1. The SMILES string of the molecule is CCOC(=O)CSCc1nnc2n(C)c(=O)c3ccccc3n12. The van der Waals surface area contributed by atoms with Crippen LogP contribution in [0.5, 0.6) is 0 Å². The highest BCUT2D eigenvalue weighted by Crippen LogP contribution is 2.17. The number of esters is 1. The molecule has 0 aliphatic carbocycles. The molecule has 0 radical (unpaired) electrons. The second kappa shape index (κ2) is 6.41. The minimum absolute atomic E-state index is 0.105. The molecule has 8 heteroatoms. The second-order valence-corrected chi connectivity index (χ2v) is 5.92. The van der Waals surface area contributed by atoms with E-state index in [1.165, 1.54) is 16.3 Å². The first-order chi connectivity index (χ1) is 11.1. The Balaban J connectivity index is 2.00. The van der Waals surface area contributed by atoms with Crippen molar-refractivity contribution in [2.45, 2.75) is 12.7 Å². The van der Waals surface area contributed by atoms with Crippen LogP contribution < -0.4 is 5.56 Å². The Kier molecular flexibility index (Phi) is 4.33.